The molecular weight excluding hydrogens is 535 g/mol. The van der Waals surface area contributed by atoms with Gasteiger partial charge in [-0.3, -0.25) is 14.5 Å². The summed E-state index contributed by atoms with van der Waals surface area (Å²) in [6.45, 7) is 0.510. The molecule has 206 valence electrons. The third kappa shape index (κ3) is 4.55. The number of fused-ring (bicyclic) bond motifs is 2. The van der Waals surface area contributed by atoms with E-state index in [1.807, 2.05) is 0 Å². The third-order valence-electron chi connectivity index (χ3n) is 7.12. The van der Waals surface area contributed by atoms with E-state index in [4.69, 9.17) is 4.74 Å². The minimum atomic E-state index is -4.68. The number of ether oxygens (including phenoxy) is 1. The van der Waals surface area contributed by atoms with E-state index in [2.05, 4.69) is 21.1 Å². The van der Waals surface area contributed by atoms with Gasteiger partial charge in [0.15, 0.2) is 5.69 Å². The zero-order chi connectivity index (χ0) is 28.9. The average Bonchev–Trinajstić information content (AvgIpc) is 3.62. The summed E-state index contributed by atoms with van der Waals surface area (Å²) >= 11 is 0. The number of imidazole rings is 1. The molecule has 12 heteroatoms. The predicted molar refractivity (Wildman–Crippen MR) is 143 cm³/mol. The van der Waals surface area contributed by atoms with Gasteiger partial charge in [-0.25, -0.2) is 4.98 Å². The lowest BCUT2D eigenvalue weighted by atomic mass is 9.87. The number of amides is 1. The van der Waals surface area contributed by atoms with E-state index >= 15 is 0 Å². The van der Waals surface area contributed by atoms with E-state index in [0.717, 1.165) is 4.68 Å². The molecule has 2 aromatic carbocycles. The number of halogens is 3. The number of benzene rings is 2. The molecule has 0 radical (unpaired) electrons. The first-order chi connectivity index (χ1) is 19.7. The molecule has 3 aromatic heterocycles. The Kier molecular flexibility index (Phi) is 6.22. The van der Waals surface area contributed by atoms with Crippen molar-refractivity contribution in [1.29, 1.82) is 5.26 Å². The molecule has 1 amide bonds. The Bertz CT molecular complexity index is 1850. The van der Waals surface area contributed by atoms with E-state index in [-0.39, 0.29) is 18.0 Å². The molecule has 0 bridgehead atoms. The number of alkyl halides is 3. The molecule has 1 aliphatic heterocycles. The summed E-state index contributed by atoms with van der Waals surface area (Å²) in [7, 11) is 2.92. The van der Waals surface area contributed by atoms with Crippen LogP contribution in [0, 0.1) is 11.3 Å². The van der Waals surface area contributed by atoms with Crippen LogP contribution in [0.5, 0.6) is 5.75 Å². The second-order valence-corrected chi connectivity index (χ2v) is 9.69. The van der Waals surface area contributed by atoms with Crippen LogP contribution in [0.4, 0.5) is 18.9 Å². The molecule has 6 rings (SSSR count). The SMILES string of the molecule is COc1cc(C#N)c2nccc(N3CCc4c(cc(Cn5ccnc5)cc4-c4cn(C)nc4C(F)(F)F)C3=O)c2c1. The number of aryl methyl sites for hydroxylation is 1. The summed E-state index contributed by atoms with van der Waals surface area (Å²) in [5, 5.41) is 13.9. The molecule has 41 heavy (non-hydrogen) atoms. The van der Waals surface area contributed by atoms with Gasteiger partial charge in [0.2, 0.25) is 0 Å². The fraction of sp³-hybridized carbons (Fsp3) is 0.207. The Hall–Kier alpha value is -5.18. The van der Waals surface area contributed by atoms with Gasteiger partial charge in [-0.1, -0.05) is 0 Å². The standard InChI is InChI=1S/C29H22F3N7O2/c1-37-15-24(27(36-37)29(30,31)32)21-9-17(14-38-8-6-34-16-38)10-22-20(21)4-7-39(28(22)40)25-3-5-35-26-18(13-33)11-19(41-2)12-23(25)26/h3,5-6,8-12,15-16H,4,7,14H2,1-2H3. The monoisotopic (exact) mass is 557 g/mol. The number of hydrogen-bond donors (Lipinski definition) is 0. The number of pyridine rings is 1. The molecular formula is C29H22F3N7O2. The highest BCUT2D eigenvalue weighted by atomic mass is 19.4. The van der Waals surface area contributed by atoms with Crippen molar-refractivity contribution < 1.29 is 22.7 Å². The number of aromatic nitrogens is 5. The molecule has 9 nitrogen and oxygen atoms in total. The van der Waals surface area contributed by atoms with Crippen LogP contribution in [0.3, 0.4) is 0 Å². The number of methoxy groups -OCH3 is 1. The maximum absolute atomic E-state index is 14.1. The summed E-state index contributed by atoms with van der Waals surface area (Å²) in [5.74, 6) is 0.0700. The molecule has 0 spiro atoms. The Balaban J connectivity index is 1.53. The highest BCUT2D eigenvalue weighted by molar-refractivity contribution is 6.13. The fourth-order valence-electron chi connectivity index (χ4n) is 5.36. The van der Waals surface area contributed by atoms with Crippen LogP contribution in [0.1, 0.15) is 32.7 Å². The maximum atomic E-state index is 14.1. The van der Waals surface area contributed by atoms with Gasteiger partial charge in [0.05, 0.1) is 30.2 Å². The van der Waals surface area contributed by atoms with Gasteiger partial charge in [0.25, 0.3) is 5.91 Å². The average molecular weight is 558 g/mol. The third-order valence-corrected chi connectivity index (χ3v) is 7.12. The summed E-state index contributed by atoms with van der Waals surface area (Å²) in [4.78, 5) is 24.1. The Labute approximate surface area is 232 Å². The first-order valence-corrected chi connectivity index (χ1v) is 12.6. The summed E-state index contributed by atoms with van der Waals surface area (Å²) < 4.78 is 50.3. The normalized spacial score (nSPS) is 13.4. The number of nitrogens with zero attached hydrogens (tertiary/aromatic N) is 7. The lowest BCUT2D eigenvalue weighted by Crippen LogP contribution is -2.38. The van der Waals surface area contributed by atoms with Crippen molar-refractivity contribution in [2.75, 3.05) is 18.6 Å². The first kappa shape index (κ1) is 26.1. The Morgan fingerprint density at radius 2 is 1.93 bits per heavy atom. The van der Waals surface area contributed by atoms with E-state index in [1.165, 1.54) is 26.6 Å². The van der Waals surface area contributed by atoms with Crippen LogP contribution in [-0.4, -0.2) is 43.9 Å². The molecule has 0 N–H and O–H groups in total. The molecule has 0 saturated heterocycles. The minimum absolute atomic E-state index is 0.0808. The van der Waals surface area contributed by atoms with E-state index in [0.29, 0.717) is 63.1 Å². The van der Waals surface area contributed by atoms with Crippen molar-refractivity contribution in [1.82, 2.24) is 24.3 Å². The van der Waals surface area contributed by atoms with E-state index in [1.54, 1.807) is 58.5 Å². The summed E-state index contributed by atoms with van der Waals surface area (Å²) in [5.41, 5.74) is 1.94. The minimum Gasteiger partial charge on any atom is -0.497 e. The zero-order valence-electron chi connectivity index (χ0n) is 22.0. The lowest BCUT2D eigenvalue weighted by molar-refractivity contribution is -0.140. The first-order valence-electron chi connectivity index (χ1n) is 12.6. The number of carbonyl (C=O) groups excluding carboxylic acids is 1. The van der Waals surface area contributed by atoms with Crippen LogP contribution in [-0.2, 0) is 26.2 Å². The topological polar surface area (TPSA) is 102 Å². The van der Waals surface area contributed by atoms with Gasteiger partial charge >= 0.3 is 6.18 Å². The number of anilines is 1. The number of nitriles is 1. The quantitative estimate of drug-likeness (QED) is 0.302. The van der Waals surface area contributed by atoms with Crippen LogP contribution >= 0.6 is 0 Å². The van der Waals surface area contributed by atoms with E-state index in [9.17, 15) is 23.2 Å². The van der Waals surface area contributed by atoms with Crippen LogP contribution in [0.15, 0.2) is 61.4 Å². The van der Waals surface area contributed by atoms with Crippen LogP contribution in [0.2, 0.25) is 0 Å². The molecule has 0 aliphatic carbocycles. The summed E-state index contributed by atoms with van der Waals surface area (Å²) in [6, 6.07) is 10.5. The smallest absolute Gasteiger partial charge is 0.435 e. The van der Waals surface area contributed by atoms with Crippen molar-refractivity contribution >= 4 is 22.5 Å². The molecule has 0 unspecified atom stereocenters. The molecule has 0 atom stereocenters. The maximum Gasteiger partial charge on any atom is 0.435 e. The number of hydrogen-bond acceptors (Lipinski definition) is 6. The van der Waals surface area contributed by atoms with Crippen LogP contribution in [0.25, 0.3) is 22.0 Å². The van der Waals surface area contributed by atoms with Crippen molar-refractivity contribution in [3.8, 4) is 22.9 Å². The van der Waals surface area contributed by atoms with Crippen LogP contribution < -0.4 is 9.64 Å². The number of rotatable bonds is 5. The molecule has 4 heterocycles. The molecule has 5 aromatic rings. The van der Waals surface area contributed by atoms with Crippen molar-refractivity contribution in [3.05, 3.63) is 89.4 Å². The Morgan fingerprint density at radius 3 is 2.63 bits per heavy atom. The van der Waals surface area contributed by atoms with Gasteiger partial charge in [-0.2, -0.15) is 23.5 Å². The largest absolute Gasteiger partial charge is 0.497 e. The van der Waals surface area contributed by atoms with Gasteiger partial charge < -0.3 is 14.2 Å². The molecule has 0 fully saturated rings. The van der Waals surface area contributed by atoms with Crippen molar-refractivity contribution in [2.24, 2.45) is 7.05 Å². The van der Waals surface area contributed by atoms with Gasteiger partial charge in [-0.05, 0) is 47.4 Å². The fourth-order valence-corrected chi connectivity index (χ4v) is 5.36. The zero-order valence-corrected chi connectivity index (χ0v) is 22.0. The predicted octanol–water partition coefficient (Wildman–Crippen LogP) is 4.98. The van der Waals surface area contributed by atoms with Gasteiger partial charge in [0, 0.05) is 67.5 Å². The molecule has 1 aliphatic rings. The van der Waals surface area contributed by atoms with Crippen molar-refractivity contribution in [3.63, 3.8) is 0 Å². The second kappa shape index (κ2) is 9.78. The molecule has 0 saturated carbocycles. The number of carbonyl (C=O) groups is 1. The second-order valence-electron chi connectivity index (χ2n) is 9.69. The summed E-state index contributed by atoms with van der Waals surface area (Å²) in [6.07, 6.45) is 3.42. The van der Waals surface area contributed by atoms with Gasteiger partial charge in [-0.15, -0.1) is 0 Å². The van der Waals surface area contributed by atoms with Crippen molar-refractivity contribution in [2.45, 2.75) is 19.1 Å². The van der Waals surface area contributed by atoms with E-state index < -0.39 is 11.9 Å². The Morgan fingerprint density at radius 1 is 1.12 bits per heavy atom. The highest BCUT2D eigenvalue weighted by Gasteiger charge is 2.39. The highest BCUT2D eigenvalue weighted by Crippen LogP contribution is 2.41. The lowest BCUT2D eigenvalue weighted by Gasteiger charge is -2.31. The van der Waals surface area contributed by atoms with Gasteiger partial charge in [0.1, 0.15) is 11.8 Å².